The summed E-state index contributed by atoms with van der Waals surface area (Å²) in [4.78, 5) is 11.8. The molecule has 6 heteroatoms. The Hall–Kier alpha value is -1.14. The lowest BCUT2D eigenvalue weighted by Crippen LogP contribution is -2.29. The van der Waals surface area contributed by atoms with Crippen molar-refractivity contribution in [3.63, 3.8) is 0 Å². The van der Waals surface area contributed by atoms with Gasteiger partial charge in [-0.1, -0.05) is 0 Å². The van der Waals surface area contributed by atoms with Crippen LogP contribution in [-0.4, -0.2) is 15.6 Å². The first-order valence-corrected chi connectivity index (χ1v) is 5.51. The summed E-state index contributed by atoms with van der Waals surface area (Å²) in [5, 5.41) is 3.02. The van der Waals surface area contributed by atoms with Crippen LogP contribution in [-0.2, 0) is 6.54 Å². The van der Waals surface area contributed by atoms with Crippen LogP contribution in [0.5, 0.6) is 0 Å². The van der Waals surface area contributed by atoms with Gasteiger partial charge in [0, 0.05) is 6.07 Å². The maximum atomic E-state index is 11.8. The summed E-state index contributed by atoms with van der Waals surface area (Å²) < 4.78 is 4.01. The second-order valence-corrected chi connectivity index (χ2v) is 4.21. The van der Waals surface area contributed by atoms with Gasteiger partial charge in [0.15, 0.2) is 0 Å². The molecule has 0 amide bonds. The fourth-order valence-electron chi connectivity index (χ4n) is 1.44. The Balaban J connectivity index is 2.50. The SMILES string of the molecule is NCCCn1[nH+]c2ccc(Br)cn2c1=O. The Morgan fingerprint density at radius 2 is 2.27 bits per heavy atom. The highest BCUT2D eigenvalue weighted by Crippen LogP contribution is 2.07. The van der Waals surface area contributed by atoms with E-state index < -0.39 is 0 Å². The number of fused-ring (bicyclic) bond motifs is 1. The first-order valence-electron chi connectivity index (χ1n) is 4.72. The fraction of sp³-hybridized carbons (Fsp3) is 0.333. The number of pyridine rings is 1. The van der Waals surface area contributed by atoms with Gasteiger partial charge in [0.2, 0.25) is 0 Å². The van der Waals surface area contributed by atoms with Crippen LogP contribution in [0, 0.1) is 0 Å². The molecule has 0 saturated heterocycles. The Bertz CT molecular complexity index is 530. The van der Waals surface area contributed by atoms with Crippen LogP contribution in [0.2, 0.25) is 0 Å². The number of aromatic nitrogens is 3. The summed E-state index contributed by atoms with van der Waals surface area (Å²) in [5.74, 6) is 0. The lowest BCUT2D eigenvalue weighted by molar-refractivity contribution is -0.465. The van der Waals surface area contributed by atoms with Gasteiger partial charge in [0.1, 0.15) is 6.20 Å². The minimum Gasteiger partial charge on any atom is -0.330 e. The van der Waals surface area contributed by atoms with E-state index >= 15 is 0 Å². The first-order chi connectivity index (χ1) is 7.22. The Labute approximate surface area is 94.6 Å². The van der Waals surface area contributed by atoms with Crippen molar-refractivity contribution in [1.29, 1.82) is 0 Å². The van der Waals surface area contributed by atoms with E-state index in [9.17, 15) is 4.79 Å². The third-order valence-electron chi connectivity index (χ3n) is 2.18. The van der Waals surface area contributed by atoms with Gasteiger partial charge in [0.25, 0.3) is 0 Å². The smallest absolute Gasteiger partial charge is 0.330 e. The highest BCUT2D eigenvalue weighted by molar-refractivity contribution is 9.10. The highest BCUT2D eigenvalue weighted by Gasteiger charge is 2.12. The molecule has 2 heterocycles. The molecule has 0 bridgehead atoms. The van der Waals surface area contributed by atoms with Gasteiger partial charge in [-0.3, -0.25) is 0 Å². The van der Waals surface area contributed by atoms with E-state index in [2.05, 4.69) is 21.0 Å². The largest absolute Gasteiger partial charge is 0.451 e. The third-order valence-corrected chi connectivity index (χ3v) is 2.65. The topological polar surface area (TPSA) is 66.6 Å². The van der Waals surface area contributed by atoms with Crippen LogP contribution < -0.4 is 16.5 Å². The van der Waals surface area contributed by atoms with Crippen molar-refractivity contribution in [1.82, 2.24) is 9.08 Å². The second-order valence-electron chi connectivity index (χ2n) is 3.29. The molecule has 0 saturated carbocycles. The molecular formula is C9H12BrN4O+. The molecule has 3 N–H and O–H groups in total. The maximum Gasteiger partial charge on any atom is 0.451 e. The lowest BCUT2D eigenvalue weighted by Gasteiger charge is -1.91. The average Bonchev–Trinajstić information content (AvgIpc) is 2.53. The average molecular weight is 272 g/mol. The monoisotopic (exact) mass is 271 g/mol. The number of nitrogens with one attached hydrogen (secondary N) is 1. The molecule has 0 radical (unpaired) electrons. The van der Waals surface area contributed by atoms with Crippen LogP contribution in [0.1, 0.15) is 6.42 Å². The van der Waals surface area contributed by atoms with Gasteiger partial charge >= 0.3 is 11.3 Å². The normalized spacial score (nSPS) is 11.1. The molecule has 0 atom stereocenters. The number of nitrogens with zero attached hydrogens (tertiary/aromatic N) is 2. The number of nitrogens with two attached hydrogens (primary N) is 1. The van der Waals surface area contributed by atoms with Gasteiger partial charge in [0.05, 0.1) is 11.0 Å². The number of hydrogen-bond acceptors (Lipinski definition) is 2. The molecule has 0 aliphatic carbocycles. The Morgan fingerprint density at radius 3 is 3.00 bits per heavy atom. The molecule has 80 valence electrons. The van der Waals surface area contributed by atoms with Crippen LogP contribution in [0.3, 0.4) is 0 Å². The second kappa shape index (κ2) is 4.16. The van der Waals surface area contributed by atoms with E-state index in [-0.39, 0.29) is 5.69 Å². The summed E-state index contributed by atoms with van der Waals surface area (Å²) in [5.41, 5.74) is 6.11. The number of halogens is 1. The molecule has 2 aromatic rings. The van der Waals surface area contributed by atoms with Gasteiger partial charge < -0.3 is 5.73 Å². The molecule has 15 heavy (non-hydrogen) atoms. The van der Waals surface area contributed by atoms with E-state index in [4.69, 9.17) is 5.73 Å². The van der Waals surface area contributed by atoms with Gasteiger partial charge in [-0.2, -0.15) is 5.10 Å². The maximum absolute atomic E-state index is 11.8. The van der Waals surface area contributed by atoms with Crippen molar-refractivity contribution in [2.75, 3.05) is 6.54 Å². The lowest BCUT2D eigenvalue weighted by atomic mass is 10.4. The standard InChI is InChI=1S/C9H11BrN4O/c10-7-2-3-8-12-14(5-1-4-11)9(15)13(8)6-7/h2-3,6H,1,4-5,11H2/p+1. The predicted octanol–water partition coefficient (Wildman–Crippen LogP) is 0.0264. The van der Waals surface area contributed by atoms with Gasteiger partial charge in [-0.05, 0) is 35.0 Å². The molecule has 5 nitrogen and oxygen atoms in total. The molecular weight excluding hydrogens is 260 g/mol. The number of aromatic amines is 1. The van der Waals surface area contributed by atoms with Crippen LogP contribution in [0.4, 0.5) is 0 Å². The van der Waals surface area contributed by atoms with Crippen molar-refractivity contribution in [2.24, 2.45) is 5.73 Å². The zero-order valence-electron chi connectivity index (χ0n) is 8.11. The minimum atomic E-state index is -0.0697. The fourth-order valence-corrected chi connectivity index (χ4v) is 1.78. The van der Waals surface area contributed by atoms with Crippen molar-refractivity contribution in [2.45, 2.75) is 13.0 Å². The van der Waals surface area contributed by atoms with Crippen molar-refractivity contribution in [3.05, 3.63) is 33.3 Å². The highest BCUT2D eigenvalue weighted by atomic mass is 79.9. The molecule has 0 fully saturated rings. The van der Waals surface area contributed by atoms with Crippen LogP contribution >= 0.6 is 15.9 Å². The van der Waals surface area contributed by atoms with Crippen LogP contribution in [0.15, 0.2) is 27.6 Å². The third kappa shape index (κ3) is 1.95. The zero-order valence-corrected chi connectivity index (χ0v) is 9.70. The van der Waals surface area contributed by atoms with Gasteiger partial charge in [-0.25, -0.2) is 4.79 Å². The van der Waals surface area contributed by atoms with Crippen molar-refractivity contribution in [3.8, 4) is 0 Å². The molecule has 2 aromatic heterocycles. The van der Waals surface area contributed by atoms with E-state index in [0.717, 1.165) is 16.5 Å². The summed E-state index contributed by atoms with van der Waals surface area (Å²) in [6, 6.07) is 3.74. The Kier molecular flexibility index (Phi) is 2.88. The van der Waals surface area contributed by atoms with E-state index in [0.29, 0.717) is 13.1 Å². The molecule has 0 spiro atoms. The van der Waals surface area contributed by atoms with Crippen LogP contribution in [0.25, 0.3) is 5.65 Å². The number of aryl methyl sites for hydroxylation is 1. The predicted molar refractivity (Wildman–Crippen MR) is 59.6 cm³/mol. The zero-order chi connectivity index (χ0) is 10.8. The minimum absolute atomic E-state index is 0.0697. The first kappa shape index (κ1) is 10.4. The molecule has 0 aliphatic rings. The Morgan fingerprint density at radius 1 is 1.47 bits per heavy atom. The van der Waals surface area contributed by atoms with Crippen molar-refractivity contribution < 1.29 is 5.10 Å². The number of rotatable bonds is 3. The van der Waals surface area contributed by atoms with Crippen molar-refractivity contribution >= 4 is 21.6 Å². The molecule has 0 aromatic carbocycles. The molecule has 2 rings (SSSR count). The summed E-state index contributed by atoms with van der Waals surface area (Å²) >= 11 is 3.33. The molecule has 0 aliphatic heterocycles. The summed E-state index contributed by atoms with van der Waals surface area (Å²) in [6.07, 6.45) is 2.53. The van der Waals surface area contributed by atoms with E-state index in [1.54, 1.807) is 15.3 Å². The van der Waals surface area contributed by atoms with Gasteiger partial charge in [-0.15, -0.1) is 9.08 Å². The molecule has 0 unspecified atom stereocenters. The summed E-state index contributed by atoms with van der Waals surface area (Å²) in [7, 11) is 0. The van der Waals surface area contributed by atoms with E-state index in [1.165, 1.54) is 0 Å². The number of hydrogen-bond donors (Lipinski definition) is 1. The quantitative estimate of drug-likeness (QED) is 0.856. The number of H-pyrrole nitrogens is 1. The van der Waals surface area contributed by atoms with E-state index in [1.807, 2.05) is 12.1 Å². The summed E-state index contributed by atoms with van der Waals surface area (Å²) in [6.45, 7) is 1.20.